The van der Waals surface area contributed by atoms with Crippen molar-refractivity contribution in [1.29, 1.82) is 0 Å². The second kappa shape index (κ2) is 12.4. The number of nitrogens with zero attached hydrogens (tertiary/aromatic N) is 3. The fraction of sp³-hybridized carbons (Fsp3) is 0.156. The summed E-state index contributed by atoms with van der Waals surface area (Å²) in [6.07, 6.45) is 2.14. The normalized spacial score (nSPS) is 10.8. The van der Waals surface area contributed by atoms with Gasteiger partial charge in [-0.1, -0.05) is 84.1 Å². The van der Waals surface area contributed by atoms with Crippen molar-refractivity contribution in [3.8, 4) is 22.8 Å². The summed E-state index contributed by atoms with van der Waals surface area (Å²) in [5.74, 6) is 1.21. The highest BCUT2D eigenvalue weighted by molar-refractivity contribution is 7.09. The lowest BCUT2D eigenvalue weighted by atomic mass is 10.0. The molecule has 0 aliphatic rings. The van der Waals surface area contributed by atoms with E-state index in [1.165, 1.54) is 0 Å². The topological polar surface area (TPSA) is 84.7 Å². The van der Waals surface area contributed by atoms with Gasteiger partial charge in [0.2, 0.25) is 5.88 Å². The zero-order chi connectivity index (χ0) is 27.9. The molecule has 0 bridgehead atoms. The summed E-state index contributed by atoms with van der Waals surface area (Å²) in [5.41, 5.74) is 3.47. The number of anilines is 1. The summed E-state index contributed by atoms with van der Waals surface area (Å²) in [6, 6.07) is 30.5. The van der Waals surface area contributed by atoms with Crippen molar-refractivity contribution in [3.63, 3.8) is 0 Å². The van der Waals surface area contributed by atoms with E-state index in [0.29, 0.717) is 30.0 Å². The highest BCUT2D eigenvalue weighted by atomic mass is 32.1. The molecule has 0 spiro atoms. The Morgan fingerprint density at radius 1 is 0.925 bits per heavy atom. The molecular weight excluding hydrogens is 522 g/mol. The van der Waals surface area contributed by atoms with E-state index >= 15 is 0 Å². The quantitative estimate of drug-likeness (QED) is 0.213. The fourth-order valence-electron chi connectivity index (χ4n) is 4.30. The van der Waals surface area contributed by atoms with Crippen molar-refractivity contribution < 1.29 is 14.6 Å². The number of aromatic nitrogens is 2. The Morgan fingerprint density at radius 3 is 2.33 bits per heavy atom. The van der Waals surface area contributed by atoms with Gasteiger partial charge in [-0.25, -0.2) is 4.98 Å². The lowest BCUT2D eigenvalue weighted by molar-refractivity contribution is 0.0967. The number of carbonyl (C=O) groups excluding carboxylic acids is 1. The van der Waals surface area contributed by atoms with Crippen LogP contribution >= 0.6 is 11.3 Å². The Bertz CT molecular complexity index is 1610. The number of benzene rings is 3. The first-order valence-corrected chi connectivity index (χ1v) is 13.7. The maximum atomic E-state index is 12.9. The first-order valence-electron chi connectivity index (χ1n) is 12.9. The van der Waals surface area contributed by atoms with E-state index < -0.39 is 0 Å². The molecule has 0 unspecified atom stereocenters. The molecule has 0 amide bonds. The summed E-state index contributed by atoms with van der Waals surface area (Å²) in [7, 11) is 1.97. The Morgan fingerprint density at radius 2 is 1.62 bits per heavy atom. The lowest BCUT2D eigenvalue weighted by Crippen LogP contribution is -2.24. The number of carbonyl (C=O) groups is 1. The van der Waals surface area contributed by atoms with Gasteiger partial charge in [-0.15, -0.1) is 0 Å². The highest BCUT2D eigenvalue weighted by Gasteiger charge is 2.18. The molecule has 1 N–H and O–H groups in total. The molecule has 5 aromatic rings. The minimum atomic E-state index is -0.362. The van der Waals surface area contributed by atoms with Crippen molar-refractivity contribution in [3.05, 3.63) is 129 Å². The number of ether oxygens (including phenoxy) is 1. The van der Waals surface area contributed by atoms with Crippen molar-refractivity contribution in [1.82, 2.24) is 9.55 Å². The third-order valence-electron chi connectivity index (χ3n) is 6.58. The minimum Gasteiger partial charge on any atom is -0.494 e. The van der Waals surface area contributed by atoms with Crippen LogP contribution < -0.4 is 14.5 Å². The van der Waals surface area contributed by atoms with Crippen LogP contribution in [-0.2, 0) is 13.0 Å². The number of Topliss-reactive ketones (excluding diaryl/α,β-unsaturated/α-hetero) is 1. The molecule has 0 aliphatic heterocycles. The van der Waals surface area contributed by atoms with Crippen molar-refractivity contribution in [2.24, 2.45) is 0 Å². The van der Waals surface area contributed by atoms with Gasteiger partial charge in [0, 0.05) is 25.2 Å². The molecule has 40 heavy (non-hydrogen) atoms. The van der Waals surface area contributed by atoms with Crippen LogP contribution in [0.2, 0.25) is 0 Å². The fourth-order valence-corrected chi connectivity index (χ4v) is 5.21. The van der Waals surface area contributed by atoms with Gasteiger partial charge >= 0.3 is 4.87 Å². The third kappa shape index (κ3) is 6.47. The van der Waals surface area contributed by atoms with E-state index in [4.69, 9.17) is 4.74 Å². The van der Waals surface area contributed by atoms with E-state index in [1.54, 1.807) is 18.3 Å². The van der Waals surface area contributed by atoms with Gasteiger partial charge in [0.15, 0.2) is 5.78 Å². The molecule has 0 saturated carbocycles. The van der Waals surface area contributed by atoms with Crippen LogP contribution in [0.15, 0.2) is 108 Å². The number of ketones is 1. The minimum absolute atomic E-state index is 0.165. The molecule has 7 nitrogen and oxygen atoms in total. The Balaban J connectivity index is 1.17. The molecule has 0 atom stereocenters. The van der Waals surface area contributed by atoms with Crippen LogP contribution in [-0.4, -0.2) is 40.6 Å². The van der Waals surface area contributed by atoms with Gasteiger partial charge in [-0.2, -0.15) is 0 Å². The molecule has 2 aromatic heterocycles. The van der Waals surface area contributed by atoms with Gasteiger partial charge in [0.05, 0.1) is 18.0 Å². The van der Waals surface area contributed by atoms with Crippen LogP contribution in [0.5, 0.6) is 11.6 Å². The summed E-state index contributed by atoms with van der Waals surface area (Å²) < 4.78 is 7.00. The average Bonchev–Trinajstić information content (AvgIpc) is 3.26. The predicted molar refractivity (Wildman–Crippen MR) is 159 cm³/mol. The van der Waals surface area contributed by atoms with Gasteiger partial charge < -0.3 is 14.7 Å². The van der Waals surface area contributed by atoms with Crippen molar-refractivity contribution >= 4 is 22.9 Å². The Labute approximate surface area is 236 Å². The molecular formula is C32H29N3O4S. The maximum absolute atomic E-state index is 12.9. The molecule has 202 valence electrons. The van der Waals surface area contributed by atoms with E-state index in [1.807, 2.05) is 96.9 Å². The van der Waals surface area contributed by atoms with Crippen LogP contribution in [0.4, 0.5) is 5.82 Å². The zero-order valence-electron chi connectivity index (χ0n) is 22.1. The molecule has 0 aliphatic carbocycles. The van der Waals surface area contributed by atoms with Gasteiger partial charge in [-0.05, 0) is 41.0 Å². The van der Waals surface area contributed by atoms with Crippen LogP contribution in [0.1, 0.15) is 20.8 Å². The largest absolute Gasteiger partial charge is 0.494 e. The number of hydrogen-bond donors (Lipinski definition) is 1. The van der Waals surface area contributed by atoms with Crippen LogP contribution in [0, 0.1) is 0 Å². The number of rotatable bonds is 11. The van der Waals surface area contributed by atoms with Crippen molar-refractivity contribution in [2.75, 3.05) is 25.1 Å². The summed E-state index contributed by atoms with van der Waals surface area (Å²) in [5, 5.41) is 10.8. The second-order valence-electron chi connectivity index (χ2n) is 9.35. The Kier molecular flexibility index (Phi) is 8.37. The van der Waals surface area contributed by atoms with E-state index in [-0.39, 0.29) is 23.1 Å². The van der Waals surface area contributed by atoms with Crippen LogP contribution in [0.3, 0.4) is 0 Å². The monoisotopic (exact) mass is 551 g/mol. The summed E-state index contributed by atoms with van der Waals surface area (Å²) >= 11 is 0.954. The zero-order valence-corrected chi connectivity index (χ0v) is 22.9. The third-order valence-corrected chi connectivity index (χ3v) is 7.54. The molecule has 5 rings (SSSR count). The molecule has 0 saturated heterocycles. The second-order valence-corrected chi connectivity index (χ2v) is 10.4. The van der Waals surface area contributed by atoms with Crippen LogP contribution in [0.25, 0.3) is 11.1 Å². The smallest absolute Gasteiger partial charge is 0.310 e. The first kappa shape index (κ1) is 26.9. The lowest BCUT2D eigenvalue weighted by Gasteiger charge is -2.18. The number of aromatic hydroxyl groups is 1. The van der Waals surface area contributed by atoms with Gasteiger partial charge in [-0.3, -0.25) is 14.2 Å². The predicted octanol–water partition coefficient (Wildman–Crippen LogP) is 5.67. The number of thiazole rings is 1. The standard InChI is InChI=1S/C32H29N3O4S/c1-34(30-9-5-6-18-33-30)19-20-39-27-16-10-23(11-17-27)21-29-31(37)35(32(38)40-29)22-28(36)26-14-12-25(13-15-26)24-7-3-2-4-8-24/h2-18,37H,19-22H2,1H3. The molecule has 0 fully saturated rings. The Hall–Kier alpha value is -4.69. The maximum Gasteiger partial charge on any atom is 0.310 e. The molecule has 8 heteroatoms. The van der Waals surface area contributed by atoms with E-state index in [0.717, 1.165) is 44.2 Å². The number of pyridine rings is 1. The van der Waals surface area contributed by atoms with Gasteiger partial charge in [0.25, 0.3) is 0 Å². The highest BCUT2D eigenvalue weighted by Crippen LogP contribution is 2.25. The summed E-state index contributed by atoms with van der Waals surface area (Å²) in [6.45, 7) is 0.969. The van der Waals surface area contributed by atoms with Gasteiger partial charge in [0.1, 0.15) is 18.2 Å². The van der Waals surface area contributed by atoms with E-state index in [9.17, 15) is 14.7 Å². The molecule has 2 heterocycles. The number of likely N-dealkylation sites (N-methyl/N-ethyl adjacent to an activating group) is 1. The average molecular weight is 552 g/mol. The van der Waals surface area contributed by atoms with Crippen molar-refractivity contribution in [2.45, 2.75) is 13.0 Å². The SMILES string of the molecule is CN(CCOc1ccc(Cc2sc(=O)n(CC(=O)c3ccc(-c4ccccc4)cc3)c2O)cc1)c1ccccn1. The number of hydrogen-bond acceptors (Lipinski definition) is 7. The first-order chi connectivity index (χ1) is 19.5. The molecule has 3 aromatic carbocycles. The summed E-state index contributed by atoms with van der Waals surface area (Å²) in [4.78, 5) is 32.0. The molecule has 0 radical (unpaired) electrons. The van der Waals surface area contributed by atoms with E-state index in [2.05, 4.69) is 4.98 Å².